The molecule has 0 radical (unpaired) electrons. The smallest absolute Gasteiger partial charge is 0.281 e. The van der Waals surface area contributed by atoms with Gasteiger partial charge in [-0.2, -0.15) is 17.0 Å². The van der Waals surface area contributed by atoms with E-state index in [1.807, 2.05) is 13.8 Å². The maximum absolute atomic E-state index is 12.6. The molecule has 0 saturated carbocycles. The number of rotatable bonds is 8. The molecule has 1 rings (SSSR count). The van der Waals surface area contributed by atoms with Crippen LogP contribution < -0.4 is 5.73 Å². The van der Waals surface area contributed by atoms with E-state index in [9.17, 15) is 8.42 Å². The summed E-state index contributed by atoms with van der Waals surface area (Å²) >= 11 is 0. The molecule has 0 aliphatic carbocycles. The Bertz CT molecular complexity index is 332. The zero-order valence-electron chi connectivity index (χ0n) is 12.3. The van der Waals surface area contributed by atoms with Gasteiger partial charge in [0.05, 0.1) is 0 Å². The predicted molar refractivity (Wildman–Crippen MR) is 79.0 cm³/mol. The topological polar surface area (TPSA) is 66.6 Å². The molecule has 114 valence electrons. The number of nitrogens with two attached hydrogens (primary N) is 1. The minimum Gasteiger partial charge on any atom is -0.330 e. The van der Waals surface area contributed by atoms with Crippen molar-refractivity contribution in [3.05, 3.63) is 0 Å². The standard InChI is InChI=1S/C13H29N3O2S/c1-3-9-15(10-4-2)19(17,18)16-11-6-13(5-8-14)7-12-16/h13H,3-12,14H2,1-2H3. The number of hydrogen-bond donors (Lipinski definition) is 1. The highest BCUT2D eigenvalue weighted by atomic mass is 32.2. The molecule has 5 nitrogen and oxygen atoms in total. The molecule has 0 amide bonds. The average Bonchev–Trinajstić information content (AvgIpc) is 2.39. The first-order chi connectivity index (χ1) is 9.06. The third kappa shape index (κ3) is 4.70. The summed E-state index contributed by atoms with van der Waals surface area (Å²) in [4.78, 5) is 0. The molecule has 0 aromatic rings. The van der Waals surface area contributed by atoms with Crippen molar-refractivity contribution in [2.45, 2.75) is 46.0 Å². The first kappa shape index (κ1) is 16.9. The second-order valence-electron chi connectivity index (χ2n) is 5.33. The molecule has 2 N–H and O–H groups in total. The highest BCUT2D eigenvalue weighted by molar-refractivity contribution is 7.86. The van der Waals surface area contributed by atoms with E-state index in [2.05, 4.69) is 0 Å². The van der Waals surface area contributed by atoms with Crippen LogP contribution in [0.15, 0.2) is 0 Å². The van der Waals surface area contributed by atoms with E-state index >= 15 is 0 Å². The van der Waals surface area contributed by atoms with Crippen LogP contribution in [0.3, 0.4) is 0 Å². The van der Waals surface area contributed by atoms with E-state index < -0.39 is 10.2 Å². The molecule has 0 unspecified atom stereocenters. The zero-order chi connectivity index (χ0) is 14.3. The molecule has 19 heavy (non-hydrogen) atoms. The van der Waals surface area contributed by atoms with Crippen molar-refractivity contribution in [3.63, 3.8) is 0 Å². The lowest BCUT2D eigenvalue weighted by Gasteiger charge is -2.34. The van der Waals surface area contributed by atoms with E-state index in [-0.39, 0.29) is 0 Å². The highest BCUT2D eigenvalue weighted by Gasteiger charge is 2.31. The second-order valence-corrected chi connectivity index (χ2v) is 7.26. The number of piperidine rings is 1. The SMILES string of the molecule is CCCN(CCC)S(=O)(=O)N1CCC(CCN)CC1. The molecule has 1 saturated heterocycles. The van der Waals surface area contributed by atoms with Crippen LogP contribution in [0.5, 0.6) is 0 Å². The largest absolute Gasteiger partial charge is 0.330 e. The fourth-order valence-corrected chi connectivity index (χ4v) is 4.49. The first-order valence-electron chi connectivity index (χ1n) is 7.51. The van der Waals surface area contributed by atoms with Crippen LogP contribution in [0.25, 0.3) is 0 Å². The lowest BCUT2D eigenvalue weighted by Crippen LogP contribution is -2.47. The monoisotopic (exact) mass is 291 g/mol. The van der Waals surface area contributed by atoms with Crippen LogP contribution in [0.4, 0.5) is 0 Å². The highest BCUT2D eigenvalue weighted by Crippen LogP contribution is 2.23. The van der Waals surface area contributed by atoms with E-state index in [1.165, 1.54) is 0 Å². The van der Waals surface area contributed by atoms with Crippen molar-refractivity contribution in [3.8, 4) is 0 Å². The molecular formula is C13H29N3O2S. The summed E-state index contributed by atoms with van der Waals surface area (Å²) in [6.07, 6.45) is 4.64. The van der Waals surface area contributed by atoms with Crippen LogP contribution in [0.2, 0.25) is 0 Å². The summed E-state index contributed by atoms with van der Waals surface area (Å²) in [5, 5.41) is 0. The maximum atomic E-state index is 12.6. The van der Waals surface area contributed by atoms with Gasteiger partial charge in [-0.15, -0.1) is 0 Å². The average molecular weight is 291 g/mol. The summed E-state index contributed by atoms with van der Waals surface area (Å²) in [6.45, 7) is 7.29. The van der Waals surface area contributed by atoms with Crippen molar-refractivity contribution in [2.75, 3.05) is 32.7 Å². The Labute approximate surface area is 118 Å². The first-order valence-corrected chi connectivity index (χ1v) is 8.91. The van der Waals surface area contributed by atoms with Crippen molar-refractivity contribution >= 4 is 10.2 Å². The Morgan fingerprint density at radius 3 is 2.11 bits per heavy atom. The minimum atomic E-state index is -3.25. The van der Waals surface area contributed by atoms with Gasteiger partial charge in [-0.1, -0.05) is 13.8 Å². The van der Waals surface area contributed by atoms with Gasteiger partial charge in [0.1, 0.15) is 0 Å². The van der Waals surface area contributed by atoms with Crippen LogP contribution in [0, 0.1) is 5.92 Å². The van der Waals surface area contributed by atoms with Crippen LogP contribution >= 0.6 is 0 Å². The Balaban J connectivity index is 2.62. The normalized spacial score (nSPS) is 19.2. The molecule has 1 heterocycles. The molecular weight excluding hydrogens is 262 g/mol. The van der Waals surface area contributed by atoms with Crippen molar-refractivity contribution < 1.29 is 8.42 Å². The predicted octanol–water partition coefficient (Wildman–Crippen LogP) is 1.41. The van der Waals surface area contributed by atoms with Gasteiger partial charge in [0.25, 0.3) is 10.2 Å². The van der Waals surface area contributed by atoms with Gasteiger partial charge in [0.15, 0.2) is 0 Å². The molecule has 6 heteroatoms. The quantitative estimate of drug-likeness (QED) is 0.735. The lowest BCUT2D eigenvalue weighted by atomic mass is 9.95. The van der Waals surface area contributed by atoms with Gasteiger partial charge in [-0.05, 0) is 44.6 Å². The Hall–Kier alpha value is -0.170. The third-order valence-corrected chi connectivity index (χ3v) is 5.78. The van der Waals surface area contributed by atoms with Crippen LogP contribution in [-0.2, 0) is 10.2 Å². The number of nitrogens with zero attached hydrogens (tertiary/aromatic N) is 2. The van der Waals surface area contributed by atoms with Gasteiger partial charge in [-0.25, -0.2) is 0 Å². The maximum Gasteiger partial charge on any atom is 0.281 e. The van der Waals surface area contributed by atoms with Crippen LogP contribution in [0.1, 0.15) is 46.0 Å². The van der Waals surface area contributed by atoms with Gasteiger partial charge in [0.2, 0.25) is 0 Å². The third-order valence-electron chi connectivity index (χ3n) is 3.75. The molecule has 0 spiro atoms. The van der Waals surface area contributed by atoms with Gasteiger partial charge >= 0.3 is 0 Å². The summed E-state index contributed by atoms with van der Waals surface area (Å²) in [5.41, 5.74) is 5.57. The second kappa shape index (κ2) is 8.19. The van der Waals surface area contributed by atoms with Crippen LogP contribution in [-0.4, -0.2) is 49.8 Å². The Morgan fingerprint density at radius 2 is 1.68 bits per heavy atom. The lowest BCUT2D eigenvalue weighted by molar-refractivity contribution is 0.247. The van der Waals surface area contributed by atoms with Crippen molar-refractivity contribution in [1.29, 1.82) is 0 Å². The molecule has 1 fully saturated rings. The van der Waals surface area contributed by atoms with E-state index in [0.29, 0.717) is 38.6 Å². The molecule has 1 aliphatic rings. The number of hydrogen-bond acceptors (Lipinski definition) is 3. The van der Waals surface area contributed by atoms with Crippen molar-refractivity contribution in [1.82, 2.24) is 8.61 Å². The summed E-state index contributed by atoms with van der Waals surface area (Å²) in [6, 6.07) is 0. The molecule has 0 aromatic heterocycles. The summed E-state index contributed by atoms with van der Waals surface area (Å²) in [5.74, 6) is 0.599. The fraction of sp³-hybridized carbons (Fsp3) is 1.00. The van der Waals surface area contributed by atoms with Gasteiger partial charge in [-0.3, -0.25) is 0 Å². The Kier molecular flexibility index (Phi) is 7.28. The van der Waals surface area contributed by atoms with Gasteiger partial charge < -0.3 is 5.73 Å². The molecule has 0 aromatic carbocycles. The van der Waals surface area contributed by atoms with E-state index in [4.69, 9.17) is 5.73 Å². The van der Waals surface area contributed by atoms with Crippen molar-refractivity contribution in [2.24, 2.45) is 11.7 Å². The zero-order valence-corrected chi connectivity index (χ0v) is 13.2. The van der Waals surface area contributed by atoms with E-state index in [0.717, 1.165) is 32.1 Å². The fourth-order valence-electron chi connectivity index (χ4n) is 2.67. The van der Waals surface area contributed by atoms with E-state index in [1.54, 1.807) is 8.61 Å². The van der Waals surface area contributed by atoms with Gasteiger partial charge in [0, 0.05) is 26.2 Å². The molecule has 1 aliphatic heterocycles. The molecule has 0 atom stereocenters. The summed E-state index contributed by atoms with van der Waals surface area (Å²) in [7, 11) is -3.25. The minimum absolute atomic E-state index is 0.599. The molecule has 0 bridgehead atoms. The summed E-state index contributed by atoms with van der Waals surface area (Å²) < 4.78 is 28.4. The Morgan fingerprint density at radius 1 is 1.16 bits per heavy atom.